The van der Waals surface area contributed by atoms with Crippen molar-refractivity contribution in [2.45, 2.75) is 11.8 Å². The number of nitrogens with zero attached hydrogens (tertiary/aromatic N) is 2. The first-order chi connectivity index (χ1) is 17.1. The number of hydrogen-bond acceptors (Lipinski definition) is 5. The molecule has 0 spiro atoms. The average Bonchev–Trinajstić information content (AvgIpc) is 3.34. The number of rotatable bonds is 7. The van der Waals surface area contributed by atoms with Gasteiger partial charge in [0.05, 0.1) is 16.3 Å². The molecule has 0 aliphatic carbocycles. The summed E-state index contributed by atoms with van der Waals surface area (Å²) in [6, 6.07) is 21.8. The van der Waals surface area contributed by atoms with E-state index in [0.717, 1.165) is 26.4 Å². The first-order valence-electron chi connectivity index (χ1n) is 11.3. The summed E-state index contributed by atoms with van der Waals surface area (Å²) in [5.41, 5.74) is 11.3. The zero-order valence-electron chi connectivity index (χ0n) is 20.3. The fraction of sp³-hybridized carbons (Fsp3) is 0.107. The molecule has 4 rings (SSSR count). The van der Waals surface area contributed by atoms with Gasteiger partial charge < -0.3 is 16.0 Å². The highest BCUT2D eigenvalue weighted by Gasteiger charge is 2.18. The molecule has 4 aromatic rings. The second kappa shape index (κ2) is 10.1. The Morgan fingerprint density at radius 1 is 1.00 bits per heavy atom. The zero-order valence-corrected chi connectivity index (χ0v) is 21.2. The van der Waals surface area contributed by atoms with E-state index >= 15 is 0 Å². The van der Waals surface area contributed by atoms with Gasteiger partial charge in [0.15, 0.2) is 0 Å². The Kier molecular flexibility index (Phi) is 6.98. The van der Waals surface area contributed by atoms with Crippen molar-refractivity contribution in [3.05, 3.63) is 102 Å². The van der Waals surface area contributed by atoms with Crippen LogP contribution in [0, 0.1) is 6.92 Å². The topological polar surface area (TPSA) is 97.4 Å². The second-order valence-corrected chi connectivity index (χ2v) is 10.5. The average molecular weight is 501 g/mol. The van der Waals surface area contributed by atoms with Crippen molar-refractivity contribution in [1.82, 2.24) is 3.97 Å². The Hall–Kier alpha value is -4.30. The van der Waals surface area contributed by atoms with E-state index in [1.807, 2.05) is 56.3 Å². The van der Waals surface area contributed by atoms with Gasteiger partial charge in [0.1, 0.15) is 0 Å². The summed E-state index contributed by atoms with van der Waals surface area (Å²) in [7, 11) is 0.177. The molecule has 0 radical (unpaired) electrons. The van der Waals surface area contributed by atoms with Crippen LogP contribution in [0.2, 0.25) is 0 Å². The number of nitrogens with two attached hydrogens (primary N) is 1. The third-order valence-electron chi connectivity index (χ3n) is 5.80. The lowest BCUT2D eigenvalue weighted by atomic mass is 10.0. The van der Waals surface area contributed by atoms with Crippen LogP contribution in [0.5, 0.6) is 0 Å². The third-order valence-corrected chi connectivity index (χ3v) is 7.44. The minimum atomic E-state index is -3.79. The third kappa shape index (κ3) is 5.34. The SMILES string of the molecule is Cc1cc(S(=O)(=O)n2ccc(C=CC(=O)Nc3ccccc3N)c2)ccc1-c1ccc(N(C)C)cc1. The van der Waals surface area contributed by atoms with Crippen LogP contribution in [0.1, 0.15) is 11.1 Å². The van der Waals surface area contributed by atoms with Gasteiger partial charge in [-0.3, -0.25) is 4.79 Å². The van der Waals surface area contributed by atoms with Gasteiger partial charge in [-0.1, -0.05) is 30.3 Å². The van der Waals surface area contributed by atoms with Crippen molar-refractivity contribution >= 4 is 39.1 Å². The van der Waals surface area contributed by atoms with Crippen LogP contribution in [0.25, 0.3) is 17.2 Å². The van der Waals surface area contributed by atoms with Gasteiger partial charge in [-0.25, -0.2) is 12.4 Å². The molecule has 0 bridgehead atoms. The van der Waals surface area contributed by atoms with E-state index in [0.29, 0.717) is 16.9 Å². The quantitative estimate of drug-likeness (QED) is 0.275. The Labute approximate surface area is 211 Å². The van der Waals surface area contributed by atoms with Gasteiger partial charge in [-0.15, -0.1) is 0 Å². The predicted molar refractivity (Wildman–Crippen MR) is 146 cm³/mol. The first kappa shape index (κ1) is 24.8. The number of para-hydroxylation sites is 2. The van der Waals surface area contributed by atoms with E-state index in [-0.39, 0.29) is 10.8 Å². The van der Waals surface area contributed by atoms with Crippen molar-refractivity contribution in [3.8, 4) is 11.1 Å². The van der Waals surface area contributed by atoms with E-state index in [2.05, 4.69) is 5.32 Å². The van der Waals surface area contributed by atoms with Crippen LogP contribution in [0.3, 0.4) is 0 Å². The van der Waals surface area contributed by atoms with Crippen LogP contribution >= 0.6 is 0 Å². The maximum Gasteiger partial charge on any atom is 0.267 e. The van der Waals surface area contributed by atoms with Crippen molar-refractivity contribution in [2.24, 2.45) is 0 Å². The monoisotopic (exact) mass is 500 g/mol. The van der Waals surface area contributed by atoms with Crippen LogP contribution < -0.4 is 16.0 Å². The molecule has 3 aromatic carbocycles. The minimum Gasteiger partial charge on any atom is -0.397 e. The predicted octanol–water partition coefficient (Wildman–Crippen LogP) is 5.00. The molecule has 1 heterocycles. The van der Waals surface area contributed by atoms with E-state index < -0.39 is 10.0 Å². The number of nitrogens with one attached hydrogen (secondary N) is 1. The summed E-state index contributed by atoms with van der Waals surface area (Å²) in [5, 5.41) is 2.70. The van der Waals surface area contributed by atoms with Gasteiger partial charge in [-0.2, -0.15) is 0 Å². The van der Waals surface area contributed by atoms with Crippen molar-refractivity contribution in [1.29, 1.82) is 0 Å². The van der Waals surface area contributed by atoms with Crippen molar-refractivity contribution in [2.75, 3.05) is 30.0 Å². The zero-order chi connectivity index (χ0) is 25.9. The molecule has 7 nitrogen and oxygen atoms in total. The molecular weight excluding hydrogens is 472 g/mol. The number of anilines is 3. The van der Waals surface area contributed by atoms with Crippen LogP contribution in [0.4, 0.5) is 17.1 Å². The number of benzene rings is 3. The standard InChI is InChI=1S/C28H28N4O3S/c1-20-18-24(13-14-25(20)22-9-11-23(12-10-22)31(2)3)36(34,35)32-17-16-21(19-32)8-15-28(33)30-27-7-5-4-6-26(27)29/h4-19H,29H2,1-3H3,(H,30,33). The summed E-state index contributed by atoms with van der Waals surface area (Å²) in [5.74, 6) is -0.367. The second-order valence-electron chi connectivity index (χ2n) is 8.61. The Morgan fingerprint density at radius 3 is 2.39 bits per heavy atom. The smallest absolute Gasteiger partial charge is 0.267 e. The summed E-state index contributed by atoms with van der Waals surface area (Å²) >= 11 is 0. The molecule has 184 valence electrons. The van der Waals surface area contributed by atoms with E-state index in [1.54, 1.807) is 48.5 Å². The summed E-state index contributed by atoms with van der Waals surface area (Å²) in [4.78, 5) is 14.4. The summed E-state index contributed by atoms with van der Waals surface area (Å²) in [6.45, 7) is 1.90. The van der Waals surface area contributed by atoms with Gasteiger partial charge in [0.25, 0.3) is 10.0 Å². The van der Waals surface area contributed by atoms with Gasteiger partial charge in [0.2, 0.25) is 5.91 Å². The maximum absolute atomic E-state index is 13.2. The first-order valence-corrected chi connectivity index (χ1v) is 12.7. The van der Waals surface area contributed by atoms with Gasteiger partial charge in [-0.05, 0) is 77.7 Å². The number of carbonyl (C=O) groups is 1. The Bertz CT molecular complexity index is 1540. The molecule has 0 saturated heterocycles. The van der Waals surface area contributed by atoms with E-state index in [1.165, 1.54) is 18.5 Å². The maximum atomic E-state index is 13.2. The van der Waals surface area contributed by atoms with Crippen LogP contribution in [0.15, 0.2) is 96.2 Å². The number of carbonyl (C=O) groups excluding carboxylic acids is 1. The van der Waals surface area contributed by atoms with Crippen LogP contribution in [-0.2, 0) is 14.8 Å². The molecule has 0 fully saturated rings. The molecule has 0 unspecified atom stereocenters. The van der Waals surface area contributed by atoms with E-state index in [9.17, 15) is 13.2 Å². The molecular formula is C28H28N4O3S. The largest absolute Gasteiger partial charge is 0.397 e. The minimum absolute atomic E-state index is 0.192. The lowest BCUT2D eigenvalue weighted by molar-refractivity contribution is -0.111. The molecule has 36 heavy (non-hydrogen) atoms. The normalized spacial score (nSPS) is 11.5. The molecule has 8 heteroatoms. The lowest BCUT2D eigenvalue weighted by Crippen LogP contribution is -2.11. The summed E-state index contributed by atoms with van der Waals surface area (Å²) in [6.07, 6.45) is 5.82. The molecule has 0 atom stereocenters. The molecule has 0 saturated carbocycles. The number of aromatic nitrogens is 1. The number of aryl methyl sites for hydroxylation is 1. The molecule has 0 aliphatic heterocycles. The van der Waals surface area contributed by atoms with Gasteiger partial charge >= 0.3 is 0 Å². The fourth-order valence-electron chi connectivity index (χ4n) is 3.78. The number of nitrogen functional groups attached to an aromatic ring is 1. The number of hydrogen-bond donors (Lipinski definition) is 2. The van der Waals surface area contributed by atoms with E-state index in [4.69, 9.17) is 5.73 Å². The molecule has 1 amide bonds. The molecule has 3 N–H and O–H groups in total. The summed E-state index contributed by atoms with van der Waals surface area (Å²) < 4.78 is 27.6. The number of amides is 1. The molecule has 1 aromatic heterocycles. The van der Waals surface area contributed by atoms with Crippen LogP contribution in [-0.4, -0.2) is 32.4 Å². The lowest BCUT2D eigenvalue weighted by Gasteiger charge is -2.14. The highest BCUT2D eigenvalue weighted by Crippen LogP contribution is 2.28. The highest BCUT2D eigenvalue weighted by atomic mass is 32.2. The van der Waals surface area contributed by atoms with Gasteiger partial charge in [0, 0.05) is 38.3 Å². The highest BCUT2D eigenvalue weighted by molar-refractivity contribution is 7.90. The Balaban J connectivity index is 1.51. The molecule has 0 aliphatic rings. The van der Waals surface area contributed by atoms with Crippen molar-refractivity contribution < 1.29 is 13.2 Å². The van der Waals surface area contributed by atoms with Crippen molar-refractivity contribution in [3.63, 3.8) is 0 Å². The Morgan fingerprint density at radius 2 is 1.72 bits per heavy atom. The fourth-order valence-corrected chi connectivity index (χ4v) is 5.07.